The number of aromatic nitrogens is 1. The van der Waals surface area contributed by atoms with Crippen LogP contribution in [0.5, 0.6) is 0 Å². The van der Waals surface area contributed by atoms with Crippen molar-refractivity contribution in [3.8, 4) is 0 Å². The number of amides is 1. The van der Waals surface area contributed by atoms with Crippen molar-refractivity contribution in [3.05, 3.63) is 58.2 Å². The van der Waals surface area contributed by atoms with Gasteiger partial charge in [-0.05, 0) is 37.0 Å². The van der Waals surface area contributed by atoms with Crippen LogP contribution in [-0.2, 0) is 4.79 Å². The third-order valence-electron chi connectivity index (χ3n) is 6.00. The zero-order chi connectivity index (χ0) is 21.1. The molecule has 2 fully saturated rings. The summed E-state index contributed by atoms with van der Waals surface area (Å²) in [6.45, 7) is 2.52. The zero-order valence-corrected chi connectivity index (χ0v) is 17.3. The lowest BCUT2D eigenvalue weighted by Crippen LogP contribution is -2.56. The van der Waals surface area contributed by atoms with Crippen LogP contribution in [0.1, 0.15) is 18.4 Å². The summed E-state index contributed by atoms with van der Waals surface area (Å²) < 4.78 is 0. The van der Waals surface area contributed by atoms with Crippen LogP contribution >= 0.6 is 0 Å². The molecule has 0 aromatic carbocycles. The van der Waals surface area contributed by atoms with Crippen LogP contribution < -0.4 is 27.2 Å². The van der Waals surface area contributed by atoms with Gasteiger partial charge in [0.2, 0.25) is 5.91 Å². The molecule has 1 atom stereocenters. The van der Waals surface area contributed by atoms with Gasteiger partial charge in [0.1, 0.15) is 5.69 Å². The van der Waals surface area contributed by atoms with Crippen molar-refractivity contribution >= 4 is 17.3 Å². The highest BCUT2D eigenvalue weighted by Crippen LogP contribution is 2.40. The lowest BCUT2D eigenvalue weighted by atomic mass is 9.88. The molecule has 1 amide bonds. The highest BCUT2D eigenvalue weighted by molar-refractivity contribution is 5.88. The van der Waals surface area contributed by atoms with Gasteiger partial charge in [-0.15, -0.1) is 0 Å². The van der Waals surface area contributed by atoms with E-state index in [-0.39, 0.29) is 17.5 Å². The topological polar surface area (TPSA) is 115 Å². The highest BCUT2D eigenvalue weighted by Gasteiger charge is 2.43. The molecule has 1 aromatic rings. The number of hydrogen-bond donors (Lipinski definition) is 5. The minimum atomic E-state index is -0.122. The predicted molar refractivity (Wildman–Crippen MR) is 119 cm³/mol. The Balaban J connectivity index is 1.47. The monoisotopic (exact) mass is 410 g/mol. The van der Waals surface area contributed by atoms with Gasteiger partial charge in [-0.1, -0.05) is 6.08 Å². The average Bonchev–Trinajstić information content (AvgIpc) is 3.57. The van der Waals surface area contributed by atoms with Gasteiger partial charge >= 0.3 is 0 Å². The minimum absolute atomic E-state index is 0.00907. The van der Waals surface area contributed by atoms with E-state index in [0.29, 0.717) is 37.2 Å². The summed E-state index contributed by atoms with van der Waals surface area (Å²) in [4.78, 5) is 29.3. The molecule has 0 radical (unpaired) electrons. The number of hydrogen-bond acceptors (Lipinski definition) is 6. The van der Waals surface area contributed by atoms with Crippen molar-refractivity contribution in [2.24, 2.45) is 17.6 Å². The van der Waals surface area contributed by atoms with E-state index in [4.69, 9.17) is 5.73 Å². The quantitative estimate of drug-likeness (QED) is 0.401. The number of likely N-dealkylation sites (tertiary alicyclic amines) is 1. The molecule has 8 heteroatoms. The van der Waals surface area contributed by atoms with Crippen molar-refractivity contribution in [1.82, 2.24) is 20.5 Å². The Morgan fingerprint density at radius 1 is 1.37 bits per heavy atom. The lowest BCUT2D eigenvalue weighted by molar-refractivity contribution is -0.132. The highest BCUT2D eigenvalue weighted by atomic mass is 16.2. The molecule has 30 heavy (non-hydrogen) atoms. The Kier molecular flexibility index (Phi) is 5.94. The van der Waals surface area contributed by atoms with Gasteiger partial charge in [-0.25, -0.2) is 0 Å². The van der Waals surface area contributed by atoms with E-state index in [1.165, 1.54) is 0 Å². The summed E-state index contributed by atoms with van der Waals surface area (Å²) in [6, 6.07) is 2.11. The number of dihydropyridines is 1. The van der Waals surface area contributed by atoms with Gasteiger partial charge in [0.05, 0.1) is 0 Å². The Hall–Kier alpha value is -3.00. The number of likely N-dealkylation sites (N-methyl/N-ethyl adjacent to an activating group) is 1. The molecular weight excluding hydrogens is 380 g/mol. The van der Waals surface area contributed by atoms with Crippen LogP contribution in [0.15, 0.2) is 47.1 Å². The number of pyridine rings is 1. The number of nitrogens with zero attached hydrogens (tertiary/aromatic N) is 1. The number of allylic oxidation sites excluding steroid dienone is 1. The van der Waals surface area contributed by atoms with E-state index in [1.54, 1.807) is 18.3 Å². The third-order valence-corrected chi connectivity index (χ3v) is 6.00. The number of nitrogens with one attached hydrogen (secondary N) is 4. The molecule has 4 rings (SSSR count). The molecule has 2 aliphatic heterocycles. The molecule has 1 saturated heterocycles. The predicted octanol–water partition coefficient (Wildman–Crippen LogP) is 0.586. The molecule has 3 heterocycles. The second-order valence-corrected chi connectivity index (χ2v) is 8.13. The van der Waals surface area contributed by atoms with E-state index in [9.17, 15) is 9.59 Å². The van der Waals surface area contributed by atoms with E-state index < -0.39 is 0 Å². The summed E-state index contributed by atoms with van der Waals surface area (Å²) in [5.41, 5.74) is 8.84. The van der Waals surface area contributed by atoms with E-state index >= 15 is 0 Å². The van der Waals surface area contributed by atoms with Gasteiger partial charge in [0.15, 0.2) is 0 Å². The number of H-pyrrole nitrogens is 1. The first-order chi connectivity index (χ1) is 14.6. The lowest BCUT2D eigenvalue weighted by Gasteiger charge is -2.43. The van der Waals surface area contributed by atoms with Crippen LogP contribution in [0.2, 0.25) is 0 Å². The first kappa shape index (κ1) is 20.3. The van der Waals surface area contributed by atoms with Gasteiger partial charge in [0.25, 0.3) is 5.56 Å². The first-order valence-electron chi connectivity index (χ1n) is 10.6. The Morgan fingerprint density at radius 3 is 2.87 bits per heavy atom. The average molecular weight is 411 g/mol. The normalized spacial score (nSPS) is 20.1. The van der Waals surface area contributed by atoms with Crippen LogP contribution in [0.25, 0.3) is 5.70 Å². The molecule has 3 aliphatic rings. The largest absolute Gasteiger partial charge is 0.388 e. The first-order valence-corrected chi connectivity index (χ1v) is 10.6. The molecule has 1 saturated carbocycles. The molecule has 1 aliphatic carbocycles. The summed E-state index contributed by atoms with van der Waals surface area (Å²) in [5, 5.41) is 10.0. The van der Waals surface area contributed by atoms with Gasteiger partial charge in [-0.3, -0.25) is 9.59 Å². The SMILES string of the molecule is CNC1=CCNC(c2c[nH]c(=O)c(NC(C3CC3)C3CN(C(=O)/C=C/CN)C3)c2)=C1. The number of nitrogens with two attached hydrogens (primary N) is 1. The van der Waals surface area contributed by atoms with Crippen LogP contribution in [0, 0.1) is 11.8 Å². The molecule has 0 spiro atoms. The van der Waals surface area contributed by atoms with Crippen molar-refractivity contribution in [2.75, 3.05) is 38.5 Å². The van der Waals surface area contributed by atoms with Crippen molar-refractivity contribution < 1.29 is 4.79 Å². The number of carbonyl (C=O) groups excluding carboxylic acids is 1. The molecule has 160 valence electrons. The van der Waals surface area contributed by atoms with Gasteiger partial charge in [0, 0.05) is 74.4 Å². The fourth-order valence-electron chi connectivity index (χ4n) is 4.09. The number of carbonyl (C=O) groups is 1. The zero-order valence-electron chi connectivity index (χ0n) is 17.3. The second-order valence-electron chi connectivity index (χ2n) is 8.13. The third kappa shape index (κ3) is 4.43. The van der Waals surface area contributed by atoms with Crippen LogP contribution in [0.4, 0.5) is 5.69 Å². The molecule has 8 nitrogen and oxygen atoms in total. The van der Waals surface area contributed by atoms with E-state index in [2.05, 4.69) is 27.0 Å². The van der Waals surface area contributed by atoms with Crippen LogP contribution in [-0.4, -0.2) is 55.1 Å². The maximum absolute atomic E-state index is 12.5. The van der Waals surface area contributed by atoms with Crippen molar-refractivity contribution in [1.29, 1.82) is 0 Å². The molecule has 1 unspecified atom stereocenters. The molecule has 6 N–H and O–H groups in total. The molecule has 0 bridgehead atoms. The maximum Gasteiger partial charge on any atom is 0.271 e. The van der Waals surface area contributed by atoms with Crippen molar-refractivity contribution in [3.63, 3.8) is 0 Å². The summed E-state index contributed by atoms with van der Waals surface area (Å²) in [5.74, 6) is 0.914. The number of anilines is 1. The minimum Gasteiger partial charge on any atom is -0.388 e. The Morgan fingerprint density at radius 2 is 2.17 bits per heavy atom. The maximum atomic E-state index is 12.5. The second kappa shape index (κ2) is 8.79. The smallest absolute Gasteiger partial charge is 0.271 e. The number of rotatable bonds is 8. The van der Waals surface area contributed by atoms with E-state index in [0.717, 1.165) is 36.3 Å². The fraction of sp³-hybridized carbons (Fsp3) is 0.455. The molecular formula is C22H30N6O2. The van der Waals surface area contributed by atoms with Gasteiger partial charge in [-0.2, -0.15) is 0 Å². The fourth-order valence-corrected chi connectivity index (χ4v) is 4.09. The number of aromatic amines is 1. The summed E-state index contributed by atoms with van der Waals surface area (Å²) in [6.07, 6.45) is 11.4. The standard InChI is InChI=1S/C22H30N6O2/c1-24-17-6-8-25-18(10-17)15-9-19(22(30)26-11-15)27-21(14-4-5-14)16-12-28(13-16)20(29)3-2-7-23/h2-3,6,9-11,14,16,21,24-25,27H,4-5,7-8,12-13,23H2,1H3,(H,26,30)/b3-2+. The molecule has 1 aromatic heterocycles. The Labute approximate surface area is 176 Å². The summed E-state index contributed by atoms with van der Waals surface area (Å²) >= 11 is 0. The van der Waals surface area contributed by atoms with E-state index in [1.807, 2.05) is 24.1 Å². The van der Waals surface area contributed by atoms with Crippen molar-refractivity contribution in [2.45, 2.75) is 18.9 Å². The van der Waals surface area contributed by atoms with Crippen LogP contribution in [0.3, 0.4) is 0 Å². The van der Waals surface area contributed by atoms with Gasteiger partial charge < -0.3 is 31.6 Å². The Bertz CT molecular complexity index is 937. The summed E-state index contributed by atoms with van der Waals surface area (Å²) in [7, 11) is 1.89.